The Kier molecular flexibility index (Phi) is 16.9. The van der Waals surface area contributed by atoms with Gasteiger partial charge in [0.05, 0.1) is 11.4 Å². The Hall–Kier alpha value is -2.67. The first kappa shape index (κ1) is 29.5. The average Bonchev–Trinajstić information content (AvgIpc) is 2.69. The monoisotopic (exact) mass is 423 g/mol. The number of nitrogens with zero attached hydrogens (tertiary/aromatic N) is 2. The van der Waals surface area contributed by atoms with Gasteiger partial charge in [-0.15, -0.1) is 6.58 Å². The third kappa shape index (κ3) is 13.5. The molecule has 2 aromatic rings. The average molecular weight is 424 g/mol. The van der Waals surface area contributed by atoms with Crippen LogP contribution in [0.2, 0.25) is 0 Å². The lowest BCUT2D eigenvalue weighted by molar-refractivity contribution is 0.225. The molecule has 1 heterocycles. The number of hydrogen-bond acceptors (Lipinski definition) is 4. The highest BCUT2D eigenvalue weighted by Gasteiger charge is 2.06. The third-order valence-corrected chi connectivity index (χ3v) is 3.62. The highest BCUT2D eigenvalue weighted by atomic mass is 19.3. The van der Waals surface area contributed by atoms with Crippen LogP contribution in [-0.2, 0) is 0 Å². The van der Waals surface area contributed by atoms with Gasteiger partial charge in [-0.25, -0.2) is 13.6 Å². The second-order valence-electron chi connectivity index (χ2n) is 6.35. The molecule has 0 fully saturated rings. The number of benzene rings is 1. The summed E-state index contributed by atoms with van der Waals surface area (Å²) in [5, 5.41) is 7.88. The maximum absolute atomic E-state index is 12.1. The van der Waals surface area contributed by atoms with Gasteiger partial charge in [0.25, 0.3) is 6.43 Å². The number of halogens is 2. The van der Waals surface area contributed by atoms with Crippen LogP contribution in [0.4, 0.5) is 14.5 Å². The van der Waals surface area contributed by atoms with Crippen LogP contribution in [0.15, 0.2) is 46.7 Å². The van der Waals surface area contributed by atoms with E-state index in [1.165, 1.54) is 6.92 Å². The van der Waals surface area contributed by atoms with Crippen molar-refractivity contribution in [3.63, 3.8) is 0 Å². The fraction of sp³-hybridized carbons (Fsp3) is 0.435. The van der Waals surface area contributed by atoms with Crippen molar-refractivity contribution in [1.82, 2.24) is 9.97 Å². The summed E-state index contributed by atoms with van der Waals surface area (Å²) in [6.07, 6.45) is 0.152. The van der Waals surface area contributed by atoms with Crippen molar-refractivity contribution in [3.8, 4) is 0 Å². The molecule has 0 atom stereocenters. The lowest BCUT2D eigenvalue weighted by Crippen LogP contribution is -2.14. The Morgan fingerprint density at radius 3 is 2.17 bits per heavy atom. The molecule has 1 aromatic carbocycles. The van der Waals surface area contributed by atoms with Gasteiger partial charge in [-0.05, 0) is 65.2 Å². The number of rotatable bonds is 3. The van der Waals surface area contributed by atoms with Crippen LogP contribution < -0.4 is 5.69 Å². The van der Waals surface area contributed by atoms with Gasteiger partial charge in [0, 0.05) is 18.0 Å². The summed E-state index contributed by atoms with van der Waals surface area (Å²) in [4.78, 5) is 20.9. The van der Waals surface area contributed by atoms with E-state index in [0.717, 1.165) is 28.9 Å². The molecule has 0 radical (unpaired) electrons. The van der Waals surface area contributed by atoms with Gasteiger partial charge in [0.1, 0.15) is 0 Å². The number of nitrogens with one attached hydrogen (secondary N) is 1. The van der Waals surface area contributed by atoms with E-state index in [1.807, 2.05) is 53.7 Å². The molecule has 0 saturated heterocycles. The van der Waals surface area contributed by atoms with Gasteiger partial charge in [-0.1, -0.05) is 31.2 Å². The second kappa shape index (κ2) is 17.2. The highest BCUT2D eigenvalue weighted by molar-refractivity contribution is 5.87. The Morgan fingerprint density at radius 2 is 1.77 bits per heavy atom. The van der Waals surface area contributed by atoms with E-state index in [1.54, 1.807) is 18.2 Å². The zero-order valence-corrected chi connectivity index (χ0v) is 19.1. The van der Waals surface area contributed by atoms with Crippen molar-refractivity contribution in [2.75, 3.05) is 6.61 Å². The van der Waals surface area contributed by atoms with Crippen LogP contribution in [0.1, 0.15) is 49.7 Å². The number of aliphatic hydroxyl groups excluding tert-OH is 1. The largest absolute Gasteiger partial charge is 0.396 e. The minimum absolute atomic E-state index is 0.144. The minimum Gasteiger partial charge on any atom is -0.396 e. The lowest BCUT2D eigenvalue weighted by Gasteiger charge is -2.01. The number of aliphatic imine (C=N–C) groups is 1. The standard InChI is InChI=1S/C10H11F2N.C7H10N2O.C3H8O.C3H6/c1-7-5-3-4-6-9(7)13-8(2)10(11)12;1-4-5(2)8-7(10)9-6(4)3;1-2-3-4;1-3-2/h3-6,10H,1-2H3;1-3H3,(H,8,9,10);4H,2-3H2,1H3;3H,1H2,2H3. The molecule has 0 bridgehead atoms. The predicted molar refractivity (Wildman–Crippen MR) is 122 cm³/mol. The van der Waals surface area contributed by atoms with Crippen LogP contribution in [0.5, 0.6) is 0 Å². The molecule has 168 valence electrons. The van der Waals surface area contributed by atoms with E-state index in [4.69, 9.17) is 5.11 Å². The Labute approximate surface area is 178 Å². The van der Waals surface area contributed by atoms with Crippen LogP contribution >= 0.6 is 0 Å². The number of H-pyrrole nitrogens is 1. The van der Waals surface area contributed by atoms with Crippen molar-refractivity contribution >= 4 is 11.4 Å². The summed E-state index contributed by atoms with van der Waals surface area (Å²) in [5.41, 5.74) is 3.87. The zero-order chi connectivity index (χ0) is 23.7. The van der Waals surface area contributed by atoms with E-state index in [2.05, 4.69) is 21.5 Å². The number of alkyl halides is 2. The Balaban J connectivity index is 0. The van der Waals surface area contributed by atoms with E-state index >= 15 is 0 Å². The molecule has 0 amide bonds. The first-order valence-corrected chi connectivity index (χ1v) is 9.66. The van der Waals surface area contributed by atoms with Crippen molar-refractivity contribution < 1.29 is 13.9 Å². The normalized spacial score (nSPS) is 10.0. The molecular weight excluding hydrogens is 388 g/mol. The fourth-order valence-corrected chi connectivity index (χ4v) is 1.72. The van der Waals surface area contributed by atoms with E-state index in [9.17, 15) is 13.6 Å². The first-order chi connectivity index (χ1) is 14.0. The van der Waals surface area contributed by atoms with E-state index < -0.39 is 6.43 Å². The smallest absolute Gasteiger partial charge is 0.345 e. The Morgan fingerprint density at radius 1 is 1.27 bits per heavy atom. The maximum Gasteiger partial charge on any atom is 0.345 e. The molecule has 0 aliphatic carbocycles. The summed E-state index contributed by atoms with van der Waals surface area (Å²) in [6, 6.07) is 7.20. The van der Waals surface area contributed by atoms with Crippen LogP contribution in [0, 0.1) is 27.7 Å². The van der Waals surface area contributed by atoms with Gasteiger partial charge >= 0.3 is 5.69 Å². The SMILES string of the molecule is C=CC.CC(=Nc1ccccc1C)C(F)F.CCCO.Cc1nc(=O)[nH]c(C)c1C. The molecule has 0 saturated carbocycles. The molecule has 0 unspecified atom stereocenters. The van der Waals surface area contributed by atoms with Gasteiger partial charge in [0.2, 0.25) is 0 Å². The van der Waals surface area contributed by atoms with Crippen LogP contribution in [0.25, 0.3) is 0 Å². The minimum atomic E-state index is -2.47. The number of aromatic nitrogens is 2. The van der Waals surface area contributed by atoms with Gasteiger partial charge in [-0.3, -0.25) is 4.99 Å². The molecule has 5 nitrogen and oxygen atoms in total. The number of hydrogen-bond donors (Lipinski definition) is 2. The molecule has 30 heavy (non-hydrogen) atoms. The first-order valence-electron chi connectivity index (χ1n) is 9.66. The molecule has 2 rings (SSSR count). The summed E-state index contributed by atoms with van der Waals surface area (Å²) in [7, 11) is 0. The van der Waals surface area contributed by atoms with Crippen molar-refractivity contribution in [3.05, 3.63) is 69.9 Å². The van der Waals surface area contributed by atoms with Crippen molar-refractivity contribution in [2.45, 2.75) is 61.3 Å². The molecule has 0 aliphatic heterocycles. The summed E-state index contributed by atoms with van der Waals surface area (Å²) in [6.45, 7) is 16.3. The van der Waals surface area contributed by atoms with Crippen molar-refractivity contribution in [2.24, 2.45) is 4.99 Å². The predicted octanol–water partition coefficient (Wildman–Crippen LogP) is 5.63. The van der Waals surface area contributed by atoms with Gasteiger partial charge < -0.3 is 10.1 Å². The summed E-state index contributed by atoms with van der Waals surface area (Å²) < 4.78 is 24.2. The maximum atomic E-state index is 12.1. The van der Waals surface area contributed by atoms with Crippen LogP contribution in [0.3, 0.4) is 0 Å². The van der Waals surface area contributed by atoms with Gasteiger partial charge in [-0.2, -0.15) is 4.98 Å². The lowest BCUT2D eigenvalue weighted by atomic mass is 10.2. The van der Waals surface area contributed by atoms with Crippen LogP contribution in [-0.4, -0.2) is 33.8 Å². The number of aryl methyl sites for hydroxylation is 3. The number of para-hydroxylation sites is 1. The second-order valence-corrected chi connectivity index (χ2v) is 6.35. The summed E-state index contributed by atoms with van der Waals surface area (Å²) >= 11 is 0. The highest BCUT2D eigenvalue weighted by Crippen LogP contribution is 2.18. The number of aromatic amines is 1. The molecule has 7 heteroatoms. The third-order valence-electron chi connectivity index (χ3n) is 3.62. The Bertz CT molecular complexity index is 803. The molecule has 0 spiro atoms. The summed E-state index contributed by atoms with van der Waals surface area (Å²) in [5.74, 6) is 0. The van der Waals surface area contributed by atoms with E-state index in [-0.39, 0.29) is 11.4 Å². The van der Waals surface area contributed by atoms with E-state index in [0.29, 0.717) is 12.3 Å². The molecule has 2 N–H and O–H groups in total. The topological polar surface area (TPSA) is 78.3 Å². The number of allylic oxidation sites excluding steroid dienone is 1. The van der Waals surface area contributed by atoms with Crippen molar-refractivity contribution in [1.29, 1.82) is 0 Å². The molecular formula is C23H35F2N3O2. The molecule has 0 aliphatic rings. The zero-order valence-electron chi connectivity index (χ0n) is 19.1. The fourth-order valence-electron chi connectivity index (χ4n) is 1.72. The van der Waals surface area contributed by atoms with Gasteiger partial charge in [0.15, 0.2) is 0 Å². The quantitative estimate of drug-likeness (QED) is 0.496. The number of aliphatic hydroxyl groups is 1. The molecule has 1 aromatic heterocycles.